The van der Waals surface area contributed by atoms with Gasteiger partial charge in [0.1, 0.15) is 5.58 Å². The summed E-state index contributed by atoms with van der Waals surface area (Å²) in [5, 5.41) is 13.4. The maximum absolute atomic E-state index is 6.49. The molecule has 1 heterocycles. The fourth-order valence-electron chi connectivity index (χ4n) is 5.75. The van der Waals surface area contributed by atoms with Crippen molar-refractivity contribution in [3.63, 3.8) is 0 Å². The van der Waals surface area contributed by atoms with Crippen molar-refractivity contribution in [1.82, 2.24) is 0 Å². The van der Waals surface area contributed by atoms with Crippen LogP contribution in [0.4, 0.5) is 11.4 Å². The Morgan fingerprint density at radius 1 is 0.447 bits per heavy atom. The van der Waals surface area contributed by atoms with Gasteiger partial charge in [0.2, 0.25) is 0 Å². The van der Waals surface area contributed by atoms with Gasteiger partial charge in [-0.25, -0.2) is 0 Å². The number of hydrogen-bond acceptors (Lipinski definition) is 2. The van der Waals surface area contributed by atoms with E-state index in [1.165, 1.54) is 37.9 Å². The van der Waals surface area contributed by atoms with Crippen molar-refractivity contribution in [3.05, 3.63) is 133 Å². The largest absolute Gasteiger partial charge is 0.454 e. The van der Waals surface area contributed by atoms with Crippen molar-refractivity contribution in [1.29, 1.82) is 0 Å². The predicted octanol–water partition coefficient (Wildman–Crippen LogP) is 10.5. The highest BCUT2D eigenvalue weighted by Gasteiger charge is 2.15. The topological polar surface area (TPSA) is 25.2 Å². The molecule has 0 bridgehead atoms. The van der Waals surface area contributed by atoms with Crippen LogP contribution in [0.5, 0.6) is 0 Å². The molecule has 0 spiro atoms. The van der Waals surface area contributed by atoms with Crippen LogP contribution in [0.25, 0.3) is 65.4 Å². The van der Waals surface area contributed by atoms with E-state index in [1.807, 2.05) is 0 Å². The fraction of sp³-hybridized carbons (Fsp3) is 0. The van der Waals surface area contributed by atoms with Gasteiger partial charge >= 0.3 is 0 Å². The zero-order chi connectivity index (χ0) is 25.1. The molecular formula is C36H23NO. The predicted molar refractivity (Wildman–Crippen MR) is 161 cm³/mol. The molecule has 0 atom stereocenters. The van der Waals surface area contributed by atoms with Gasteiger partial charge in [-0.3, -0.25) is 0 Å². The molecule has 38 heavy (non-hydrogen) atoms. The zero-order valence-corrected chi connectivity index (χ0v) is 20.6. The second-order valence-electron chi connectivity index (χ2n) is 9.88. The van der Waals surface area contributed by atoms with Gasteiger partial charge in [0.15, 0.2) is 5.58 Å². The lowest BCUT2D eigenvalue weighted by molar-refractivity contribution is 0.670. The first-order valence-electron chi connectivity index (χ1n) is 12.9. The fourth-order valence-corrected chi connectivity index (χ4v) is 5.75. The minimum atomic E-state index is 0.872. The lowest BCUT2D eigenvalue weighted by Crippen LogP contribution is -1.95. The molecular weight excluding hydrogens is 462 g/mol. The van der Waals surface area contributed by atoms with Gasteiger partial charge < -0.3 is 9.73 Å². The van der Waals surface area contributed by atoms with Crippen LogP contribution in [0.1, 0.15) is 0 Å². The smallest absolute Gasteiger partial charge is 0.158 e. The first kappa shape index (κ1) is 21.0. The summed E-state index contributed by atoms with van der Waals surface area (Å²) < 4.78 is 6.49. The molecule has 8 rings (SSSR count). The molecule has 1 aromatic heterocycles. The summed E-state index contributed by atoms with van der Waals surface area (Å²) in [7, 11) is 0. The van der Waals surface area contributed by atoms with E-state index in [4.69, 9.17) is 4.42 Å². The lowest BCUT2D eigenvalue weighted by Gasteiger charge is -2.15. The summed E-state index contributed by atoms with van der Waals surface area (Å²) in [4.78, 5) is 0. The van der Waals surface area contributed by atoms with Crippen molar-refractivity contribution in [3.8, 4) is 11.1 Å². The van der Waals surface area contributed by atoms with Gasteiger partial charge in [-0.05, 0) is 68.2 Å². The number of rotatable bonds is 3. The molecule has 0 aliphatic rings. The van der Waals surface area contributed by atoms with Gasteiger partial charge in [-0.15, -0.1) is 0 Å². The van der Waals surface area contributed by atoms with E-state index in [0.29, 0.717) is 0 Å². The van der Waals surface area contributed by atoms with Gasteiger partial charge in [0, 0.05) is 22.0 Å². The van der Waals surface area contributed by atoms with E-state index in [9.17, 15) is 0 Å². The molecule has 8 aromatic rings. The van der Waals surface area contributed by atoms with Crippen LogP contribution < -0.4 is 5.32 Å². The third-order valence-electron chi connectivity index (χ3n) is 7.60. The number of hydrogen-bond donors (Lipinski definition) is 1. The normalized spacial score (nSPS) is 11.7. The minimum absolute atomic E-state index is 0.872. The maximum atomic E-state index is 6.49. The van der Waals surface area contributed by atoms with Gasteiger partial charge in [0.25, 0.3) is 0 Å². The third kappa shape index (κ3) is 3.28. The Kier molecular flexibility index (Phi) is 4.55. The van der Waals surface area contributed by atoms with Gasteiger partial charge in [0.05, 0.1) is 5.69 Å². The van der Waals surface area contributed by atoms with Crippen LogP contribution in [0.2, 0.25) is 0 Å². The molecule has 0 saturated carbocycles. The third-order valence-corrected chi connectivity index (χ3v) is 7.60. The van der Waals surface area contributed by atoms with Crippen molar-refractivity contribution in [2.75, 3.05) is 5.32 Å². The van der Waals surface area contributed by atoms with Crippen molar-refractivity contribution in [2.24, 2.45) is 0 Å². The molecule has 178 valence electrons. The van der Waals surface area contributed by atoms with E-state index < -0.39 is 0 Å². The van der Waals surface area contributed by atoms with Crippen LogP contribution >= 0.6 is 0 Å². The molecule has 1 N–H and O–H groups in total. The maximum Gasteiger partial charge on any atom is 0.158 e. The highest BCUT2D eigenvalue weighted by Crippen LogP contribution is 2.41. The second kappa shape index (κ2) is 8.22. The Labute approximate surface area is 219 Å². The van der Waals surface area contributed by atoms with E-state index in [0.717, 1.165) is 38.9 Å². The monoisotopic (exact) mass is 485 g/mol. The number of fused-ring (bicyclic) bond motifs is 7. The Hall–Kier alpha value is -5.08. The molecule has 2 nitrogen and oxygen atoms in total. The summed E-state index contributed by atoms with van der Waals surface area (Å²) in [5.74, 6) is 0. The molecule has 0 radical (unpaired) electrons. The van der Waals surface area contributed by atoms with Crippen LogP contribution in [0, 0.1) is 0 Å². The molecule has 0 unspecified atom stereocenters. The lowest BCUT2D eigenvalue weighted by atomic mass is 9.96. The van der Waals surface area contributed by atoms with E-state index in [2.05, 4.69) is 139 Å². The van der Waals surface area contributed by atoms with Crippen LogP contribution in [-0.2, 0) is 0 Å². The standard InChI is InChI=1S/C36H23NO/c1-2-10-25-20-28(17-16-23(25)8-1)31-21-26-11-3-4-12-27(26)22-33(31)37-32-15-7-14-30-35-29-13-6-5-9-24(29)18-19-34(35)38-36(30)32/h1-22,37H. The molecule has 0 saturated heterocycles. The Balaban J connectivity index is 1.35. The first-order chi connectivity index (χ1) is 18.8. The van der Waals surface area contributed by atoms with E-state index in [1.54, 1.807) is 0 Å². The molecule has 2 heteroatoms. The average Bonchev–Trinajstić information content (AvgIpc) is 3.37. The van der Waals surface area contributed by atoms with Gasteiger partial charge in [-0.2, -0.15) is 0 Å². The van der Waals surface area contributed by atoms with Crippen molar-refractivity contribution < 1.29 is 4.42 Å². The summed E-state index contributed by atoms with van der Waals surface area (Å²) >= 11 is 0. The Bertz CT molecular complexity index is 2170. The highest BCUT2D eigenvalue weighted by molar-refractivity contribution is 6.20. The summed E-state index contributed by atoms with van der Waals surface area (Å²) in [6, 6.07) is 47.3. The molecule has 0 fully saturated rings. The van der Waals surface area contributed by atoms with Crippen LogP contribution in [0.15, 0.2) is 138 Å². The SMILES string of the molecule is c1ccc2cc(-c3cc4ccccc4cc3Nc3cccc4c3oc3ccc5ccccc5c34)ccc2c1. The molecule has 0 aliphatic heterocycles. The zero-order valence-electron chi connectivity index (χ0n) is 20.6. The van der Waals surface area contributed by atoms with Crippen LogP contribution in [-0.4, -0.2) is 0 Å². The quantitative estimate of drug-likeness (QED) is 0.269. The van der Waals surface area contributed by atoms with Crippen molar-refractivity contribution in [2.45, 2.75) is 0 Å². The summed E-state index contributed by atoms with van der Waals surface area (Å²) in [6.45, 7) is 0. The molecule has 7 aromatic carbocycles. The van der Waals surface area contributed by atoms with Crippen molar-refractivity contribution >= 4 is 65.6 Å². The Morgan fingerprint density at radius 2 is 1.11 bits per heavy atom. The Morgan fingerprint density at radius 3 is 1.95 bits per heavy atom. The minimum Gasteiger partial charge on any atom is -0.454 e. The summed E-state index contributed by atoms with van der Waals surface area (Å²) in [6.07, 6.45) is 0. The highest BCUT2D eigenvalue weighted by atomic mass is 16.3. The number of para-hydroxylation sites is 1. The number of benzene rings is 7. The first-order valence-corrected chi connectivity index (χ1v) is 12.9. The number of furan rings is 1. The van der Waals surface area contributed by atoms with Crippen LogP contribution in [0.3, 0.4) is 0 Å². The molecule has 0 aliphatic carbocycles. The van der Waals surface area contributed by atoms with E-state index >= 15 is 0 Å². The second-order valence-corrected chi connectivity index (χ2v) is 9.88. The average molecular weight is 486 g/mol. The number of anilines is 2. The summed E-state index contributed by atoms with van der Waals surface area (Å²) in [5.41, 5.74) is 6.13. The van der Waals surface area contributed by atoms with E-state index in [-0.39, 0.29) is 0 Å². The van der Waals surface area contributed by atoms with Gasteiger partial charge in [-0.1, -0.05) is 103 Å². The molecule has 0 amide bonds. The number of nitrogens with one attached hydrogen (secondary N) is 1.